The number of hydrogen-bond acceptors (Lipinski definition) is 5. The highest BCUT2D eigenvalue weighted by Gasteiger charge is 2.19. The van der Waals surface area contributed by atoms with Crippen LogP contribution in [0.5, 0.6) is 0 Å². The lowest BCUT2D eigenvalue weighted by Gasteiger charge is -2.08. The zero-order valence-corrected chi connectivity index (χ0v) is 12.5. The number of nitrogens with one attached hydrogen (secondary N) is 1. The molecule has 0 bridgehead atoms. The fourth-order valence-electron chi connectivity index (χ4n) is 1.70. The smallest absolute Gasteiger partial charge is 0.412 e. The van der Waals surface area contributed by atoms with Crippen molar-refractivity contribution in [1.82, 2.24) is 0 Å². The molecule has 1 aromatic heterocycles. The maximum atomic E-state index is 11.8. The van der Waals surface area contributed by atoms with Crippen molar-refractivity contribution in [3.8, 4) is 0 Å². The predicted molar refractivity (Wildman–Crippen MR) is 80.6 cm³/mol. The van der Waals surface area contributed by atoms with E-state index in [9.17, 15) is 9.59 Å². The molecule has 0 radical (unpaired) electrons. The first-order valence-corrected chi connectivity index (χ1v) is 7.14. The summed E-state index contributed by atoms with van der Waals surface area (Å²) in [5.74, 6) is -0.480. The maximum Gasteiger partial charge on any atom is 0.412 e. The van der Waals surface area contributed by atoms with Gasteiger partial charge in [0.1, 0.15) is 11.5 Å². The van der Waals surface area contributed by atoms with Gasteiger partial charge in [-0.2, -0.15) is 0 Å². The van der Waals surface area contributed by atoms with Crippen LogP contribution in [-0.2, 0) is 16.1 Å². The molecule has 110 valence electrons. The van der Waals surface area contributed by atoms with Crippen molar-refractivity contribution < 1.29 is 19.1 Å². The number of esters is 1. The van der Waals surface area contributed by atoms with E-state index in [-0.39, 0.29) is 6.61 Å². The predicted octanol–water partition coefficient (Wildman–Crippen LogP) is 3.59. The minimum atomic E-state index is -0.606. The zero-order valence-electron chi connectivity index (χ0n) is 11.7. The summed E-state index contributed by atoms with van der Waals surface area (Å²) in [4.78, 5) is 23.8. The molecule has 0 aliphatic rings. The molecule has 1 heterocycles. The average Bonchev–Trinajstić information content (AvgIpc) is 2.86. The number of carbonyl (C=O) groups is 2. The molecule has 0 unspecified atom stereocenters. The van der Waals surface area contributed by atoms with Crippen molar-refractivity contribution in [3.63, 3.8) is 0 Å². The standard InChI is InChI=1S/C15H15NO4S/c1-10-9-21-13(14(17)19-2)12(10)16-15(18)20-8-11-6-4-3-5-7-11/h3-7,9H,8H2,1-2H3,(H,16,18). The van der Waals surface area contributed by atoms with Crippen molar-refractivity contribution in [2.24, 2.45) is 0 Å². The minimum Gasteiger partial charge on any atom is -0.465 e. The number of rotatable bonds is 4. The van der Waals surface area contributed by atoms with Crippen molar-refractivity contribution in [3.05, 3.63) is 51.7 Å². The van der Waals surface area contributed by atoms with Gasteiger partial charge in [-0.3, -0.25) is 5.32 Å². The van der Waals surface area contributed by atoms with Gasteiger partial charge < -0.3 is 9.47 Å². The molecule has 0 saturated carbocycles. The van der Waals surface area contributed by atoms with Gasteiger partial charge in [0.2, 0.25) is 0 Å². The first-order chi connectivity index (χ1) is 10.1. The van der Waals surface area contributed by atoms with Gasteiger partial charge in [0.15, 0.2) is 0 Å². The van der Waals surface area contributed by atoms with Gasteiger partial charge >= 0.3 is 12.1 Å². The van der Waals surface area contributed by atoms with E-state index in [1.165, 1.54) is 18.4 Å². The Morgan fingerprint density at radius 3 is 2.62 bits per heavy atom. The summed E-state index contributed by atoms with van der Waals surface area (Å²) in [5, 5.41) is 4.37. The van der Waals surface area contributed by atoms with Crippen LogP contribution in [0.25, 0.3) is 0 Å². The van der Waals surface area contributed by atoms with E-state index in [0.717, 1.165) is 11.1 Å². The summed E-state index contributed by atoms with van der Waals surface area (Å²) < 4.78 is 9.81. The van der Waals surface area contributed by atoms with Crippen LogP contribution in [-0.4, -0.2) is 19.2 Å². The van der Waals surface area contributed by atoms with E-state index < -0.39 is 12.1 Å². The highest BCUT2D eigenvalue weighted by molar-refractivity contribution is 7.12. The van der Waals surface area contributed by atoms with Crippen LogP contribution in [0.1, 0.15) is 20.8 Å². The van der Waals surface area contributed by atoms with Gasteiger partial charge in [-0.1, -0.05) is 30.3 Å². The number of benzene rings is 1. The summed E-state index contributed by atoms with van der Waals surface area (Å²) >= 11 is 1.22. The first-order valence-electron chi connectivity index (χ1n) is 6.26. The third-order valence-corrected chi connectivity index (χ3v) is 3.86. The zero-order chi connectivity index (χ0) is 15.2. The van der Waals surface area contributed by atoms with Crippen molar-refractivity contribution >= 4 is 29.1 Å². The fourth-order valence-corrected chi connectivity index (χ4v) is 2.63. The molecule has 21 heavy (non-hydrogen) atoms. The van der Waals surface area contributed by atoms with Crippen LogP contribution >= 0.6 is 11.3 Å². The molecule has 0 aliphatic carbocycles. The van der Waals surface area contributed by atoms with Crippen LogP contribution in [0, 0.1) is 6.92 Å². The Balaban J connectivity index is 2.00. The number of ether oxygens (including phenoxy) is 2. The Hall–Kier alpha value is -2.34. The van der Waals surface area contributed by atoms with E-state index in [1.54, 1.807) is 12.3 Å². The fraction of sp³-hybridized carbons (Fsp3) is 0.200. The average molecular weight is 305 g/mol. The molecule has 6 heteroatoms. The van der Waals surface area contributed by atoms with Crippen molar-refractivity contribution in [2.45, 2.75) is 13.5 Å². The quantitative estimate of drug-likeness (QED) is 0.877. The monoisotopic (exact) mass is 305 g/mol. The summed E-state index contributed by atoms with van der Waals surface area (Å²) in [6, 6.07) is 9.36. The summed E-state index contributed by atoms with van der Waals surface area (Å²) in [6.45, 7) is 1.97. The summed E-state index contributed by atoms with van der Waals surface area (Å²) in [5.41, 5.74) is 2.12. The third-order valence-electron chi connectivity index (χ3n) is 2.79. The number of anilines is 1. The minimum absolute atomic E-state index is 0.170. The Morgan fingerprint density at radius 2 is 1.95 bits per heavy atom. The Morgan fingerprint density at radius 1 is 1.24 bits per heavy atom. The lowest BCUT2D eigenvalue weighted by atomic mass is 10.2. The van der Waals surface area contributed by atoms with Gasteiger partial charge in [0.05, 0.1) is 12.8 Å². The molecule has 5 nitrogen and oxygen atoms in total. The van der Waals surface area contributed by atoms with E-state index in [1.807, 2.05) is 30.3 Å². The maximum absolute atomic E-state index is 11.8. The van der Waals surface area contributed by atoms with Crippen LogP contribution in [0.3, 0.4) is 0 Å². The lowest BCUT2D eigenvalue weighted by Crippen LogP contribution is -2.16. The Bertz CT molecular complexity index is 636. The van der Waals surface area contributed by atoms with Crippen LogP contribution in [0.2, 0.25) is 0 Å². The molecule has 1 N–H and O–H groups in total. The lowest BCUT2D eigenvalue weighted by molar-refractivity contribution is 0.0607. The molecule has 0 aliphatic heterocycles. The molecule has 1 aromatic carbocycles. The molecule has 2 aromatic rings. The van der Waals surface area contributed by atoms with E-state index in [0.29, 0.717) is 10.6 Å². The second kappa shape index (κ2) is 6.90. The van der Waals surface area contributed by atoms with E-state index in [4.69, 9.17) is 4.74 Å². The molecule has 0 atom stereocenters. The number of hydrogen-bond donors (Lipinski definition) is 1. The first kappa shape index (κ1) is 15.1. The van der Waals surface area contributed by atoms with Gasteiger partial charge in [-0.25, -0.2) is 9.59 Å². The number of aryl methyl sites for hydroxylation is 1. The Labute approximate surface area is 126 Å². The number of methoxy groups -OCH3 is 1. The van der Waals surface area contributed by atoms with Crippen molar-refractivity contribution in [1.29, 1.82) is 0 Å². The SMILES string of the molecule is COC(=O)c1scc(C)c1NC(=O)OCc1ccccc1. The topological polar surface area (TPSA) is 64.6 Å². The summed E-state index contributed by atoms with van der Waals surface area (Å²) in [6.07, 6.45) is -0.606. The van der Waals surface area contributed by atoms with E-state index in [2.05, 4.69) is 10.1 Å². The number of thiophene rings is 1. The molecule has 1 amide bonds. The van der Waals surface area contributed by atoms with Gasteiger partial charge in [-0.15, -0.1) is 11.3 Å². The highest BCUT2D eigenvalue weighted by Crippen LogP contribution is 2.28. The molecule has 0 fully saturated rings. The van der Waals surface area contributed by atoms with Crippen LogP contribution < -0.4 is 5.32 Å². The van der Waals surface area contributed by atoms with Crippen LogP contribution in [0.4, 0.5) is 10.5 Å². The Kier molecular flexibility index (Phi) is 4.94. The summed E-state index contributed by atoms with van der Waals surface area (Å²) in [7, 11) is 1.30. The molecule has 2 rings (SSSR count). The number of amides is 1. The highest BCUT2D eigenvalue weighted by atomic mass is 32.1. The third kappa shape index (κ3) is 3.82. The largest absolute Gasteiger partial charge is 0.465 e. The number of carbonyl (C=O) groups excluding carboxylic acids is 2. The normalized spacial score (nSPS) is 10.0. The van der Waals surface area contributed by atoms with E-state index >= 15 is 0 Å². The molecule has 0 saturated heterocycles. The van der Waals surface area contributed by atoms with Crippen molar-refractivity contribution in [2.75, 3.05) is 12.4 Å². The van der Waals surface area contributed by atoms with Gasteiger partial charge in [0, 0.05) is 0 Å². The van der Waals surface area contributed by atoms with Gasteiger partial charge in [0.25, 0.3) is 0 Å². The van der Waals surface area contributed by atoms with Crippen LogP contribution in [0.15, 0.2) is 35.7 Å². The second-order valence-corrected chi connectivity index (χ2v) is 5.18. The van der Waals surface area contributed by atoms with Gasteiger partial charge in [-0.05, 0) is 23.4 Å². The molecular formula is C15H15NO4S. The molecule has 0 spiro atoms. The molecular weight excluding hydrogens is 290 g/mol. The second-order valence-electron chi connectivity index (χ2n) is 4.30.